The molecular weight excluding hydrogens is 428 g/mol. The quantitative estimate of drug-likeness (QED) is 0.537. The van der Waals surface area contributed by atoms with Gasteiger partial charge in [0, 0.05) is 45.3 Å². The first-order valence-corrected chi connectivity index (χ1v) is 10.9. The van der Waals surface area contributed by atoms with E-state index in [9.17, 15) is 9.59 Å². The van der Waals surface area contributed by atoms with Gasteiger partial charge in [-0.2, -0.15) is 0 Å². The molecule has 0 aliphatic carbocycles. The van der Waals surface area contributed by atoms with E-state index in [2.05, 4.69) is 5.32 Å². The summed E-state index contributed by atoms with van der Waals surface area (Å²) < 4.78 is 5.26. The van der Waals surface area contributed by atoms with Crippen molar-refractivity contribution in [3.8, 4) is 5.75 Å². The number of rotatable bonds is 7. The van der Waals surface area contributed by atoms with Gasteiger partial charge in [-0.05, 0) is 60.2 Å². The highest BCUT2D eigenvalue weighted by atomic mass is 16.5. The molecule has 0 bridgehead atoms. The largest absolute Gasteiger partial charge is 0.497 e. The molecule has 0 atom stereocenters. The van der Waals surface area contributed by atoms with Crippen LogP contribution in [-0.4, -0.2) is 47.1 Å². The molecule has 0 saturated carbocycles. The van der Waals surface area contributed by atoms with Crippen LogP contribution in [0.3, 0.4) is 0 Å². The molecule has 3 aromatic rings. The van der Waals surface area contributed by atoms with Crippen molar-refractivity contribution in [3.63, 3.8) is 0 Å². The first kappa shape index (κ1) is 22.9. The highest BCUT2D eigenvalue weighted by molar-refractivity contribution is 6.46. The summed E-state index contributed by atoms with van der Waals surface area (Å²) in [5, 5.41) is 3.21. The van der Waals surface area contributed by atoms with Crippen LogP contribution in [0, 0.1) is 0 Å². The summed E-state index contributed by atoms with van der Waals surface area (Å²) in [6.07, 6.45) is 0. The Balaban J connectivity index is 1.78. The number of carbonyl (C=O) groups excluding carboxylic acids is 2. The van der Waals surface area contributed by atoms with Crippen LogP contribution in [-0.2, 0) is 9.59 Å². The average molecular weight is 457 g/mol. The topological polar surface area (TPSA) is 65.1 Å². The Morgan fingerprint density at radius 1 is 0.765 bits per heavy atom. The molecule has 34 heavy (non-hydrogen) atoms. The third-order valence-electron chi connectivity index (χ3n) is 5.72. The number of carbonyl (C=O) groups is 2. The molecule has 7 heteroatoms. The SMILES string of the molecule is COc1ccc(C2=C(Nc3ccc(N(C)C)cc3)C(=O)N(c3cccc(N(C)C)c3)C2=O)cc1. The van der Waals surface area contributed by atoms with Gasteiger partial charge in [-0.1, -0.05) is 18.2 Å². The predicted molar refractivity (Wildman–Crippen MR) is 138 cm³/mol. The van der Waals surface area contributed by atoms with Crippen molar-refractivity contribution in [3.05, 3.63) is 84.1 Å². The zero-order valence-electron chi connectivity index (χ0n) is 20.0. The lowest BCUT2D eigenvalue weighted by atomic mass is 10.0. The molecule has 1 N–H and O–H groups in total. The van der Waals surface area contributed by atoms with E-state index < -0.39 is 5.91 Å². The number of nitrogens with zero attached hydrogens (tertiary/aromatic N) is 3. The van der Waals surface area contributed by atoms with Crippen molar-refractivity contribution >= 4 is 40.1 Å². The van der Waals surface area contributed by atoms with Gasteiger partial charge in [-0.15, -0.1) is 0 Å². The van der Waals surface area contributed by atoms with Gasteiger partial charge in [0.15, 0.2) is 0 Å². The van der Waals surface area contributed by atoms with Crippen LogP contribution >= 0.6 is 0 Å². The fourth-order valence-corrected chi connectivity index (χ4v) is 3.80. The van der Waals surface area contributed by atoms with Crippen molar-refractivity contribution < 1.29 is 14.3 Å². The van der Waals surface area contributed by atoms with Crippen LogP contribution in [0.2, 0.25) is 0 Å². The predicted octanol–water partition coefficient (Wildman–Crippen LogP) is 4.22. The standard InChI is InChI=1S/C27H28N4O3/c1-29(2)20-13-11-19(12-14-20)28-25-24(18-9-15-23(34-5)16-10-18)26(32)31(27(25)33)22-8-6-7-21(17-22)30(3)4/h6-17,28H,1-5H3. The Labute approximate surface area is 199 Å². The minimum absolute atomic E-state index is 0.239. The maximum Gasteiger partial charge on any atom is 0.282 e. The molecule has 0 fully saturated rings. The van der Waals surface area contributed by atoms with Gasteiger partial charge in [0.05, 0.1) is 18.4 Å². The molecule has 0 saturated heterocycles. The fourth-order valence-electron chi connectivity index (χ4n) is 3.80. The molecule has 0 radical (unpaired) electrons. The van der Waals surface area contributed by atoms with E-state index >= 15 is 0 Å². The lowest BCUT2D eigenvalue weighted by Crippen LogP contribution is -2.32. The first-order valence-electron chi connectivity index (χ1n) is 10.9. The van der Waals surface area contributed by atoms with E-state index in [-0.39, 0.29) is 11.6 Å². The van der Waals surface area contributed by atoms with Crippen LogP contribution in [0.15, 0.2) is 78.5 Å². The third kappa shape index (κ3) is 4.32. The summed E-state index contributed by atoms with van der Waals surface area (Å²) in [6.45, 7) is 0. The summed E-state index contributed by atoms with van der Waals surface area (Å²) in [5.74, 6) is -0.104. The summed E-state index contributed by atoms with van der Waals surface area (Å²) in [7, 11) is 9.34. The highest BCUT2D eigenvalue weighted by Crippen LogP contribution is 2.35. The Kier molecular flexibility index (Phi) is 6.27. The molecule has 4 rings (SSSR count). The Morgan fingerprint density at radius 2 is 1.41 bits per heavy atom. The molecule has 2 amide bonds. The number of benzene rings is 3. The summed E-state index contributed by atoms with van der Waals surface area (Å²) >= 11 is 0. The minimum Gasteiger partial charge on any atom is -0.497 e. The minimum atomic E-state index is -0.400. The van der Waals surface area contributed by atoms with Crippen molar-refractivity contribution in [2.24, 2.45) is 0 Å². The number of amides is 2. The molecular formula is C27H28N4O3. The van der Waals surface area contributed by atoms with Gasteiger partial charge in [0.1, 0.15) is 11.4 Å². The smallest absolute Gasteiger partial charge is 0.282 e. The van der Waals surface area contributed by atoms with Crippen LogP contribution in [0.4, 0.5) is 22.7 Å². The molecule has 174 valence electrons. The van der Waals surface area contributed by atoms with Crippen LogP contribution in [0.1, 0.15) is 5.56 Å². The molecule has 1 heterocycles. The van der Waals surface area contributed by atoms with Crippen LogP contribution in [0.5, 0.6) is 5.75 Å². The van der Waals surface area contributed by atoms with Crippen molar-refractivity contribution in [2.45, 2.75) is 0 Å². The number of anilines is 4. The maximum atomic E-state index is 13.7. The number of methoxy groups -OCH3 is 1. The second-order valence-corrected chi connectivity index (χ2v) is 8.40. The van der Waals surface area contributed by atoms with Crippen molar-refractivity contribution in [1.29, 1.82) is 0 Å². The first-order chi connectivity index (χ1) is 16.3. The Morgan fingerprint density at radius 3 is 2.00 bits per heavy atom. The number of hydrogen-bond acceptors (Lipinski definition) is 6. The normalized spacial score (nSPS) is 13.4. The summed E-state index contributed by atoms with van der Waals surface area (Å²) in [4.78, 5) is 32.4. The maximum absolute atomic E-state index is 13.7. The van der Waals surface area contributed by atoms with Gasteiger partial charge >= 0.3 is 0 Å². The molecule has 3 aromatic carbocycles. The van der Waals surface area contributed by atoms with E-state index in [0.29, 0.717) is 22.6 Å². The summed E-state index contributed by atoms with van der Waals surface area (Å²) in [5.41, 5.74) is 4.36. The molecule has 1 aliphatic rings. The second-order valence-electron chi connectivity index (χ2n) is 8.40. The second kappa shape index (κ2) is 9.31. The van der Waals surface area contributed by atoms with Gasteiger partial charge < -0.3 is 19.9 Å². The van der Waals surface area contributed by atoms with E-state index in [1.807, 2.05) is 80.5 Å². The van der Waals surface area contributed by atoms with E-state index in [0.717, 1.165) is 17.1 Å². The van der Waals surface area contributed by atoms with Gasteiger partial charge in [-0.3, -0.25) is 9.59 Å². The van der Waals surface area contributed by atoms with Crippen molar-refractivity contribution in [2.75, 3.05) is 55.3 Å². The van der Waals surface area contributed by atoms with Crippen LogP contribution in [0.25, 0.3) is 5.57 Å². The summed E-state index contributed by atoms with van der Waals surface area (Å²) in [6, 6.07) is 22.2. The van der Waals surface area contributed by atoms with Gasteiger partial charge in [0.25, 0.3) is 11.8 Å². The fraction of sp³-hybridized carbons (Fsp3) is 0.185. The zero-order valence-corrected chi connectivity index (χ0v) is 20.0. The lowest BCUT2D eigenvalue weighted by Gasteiger charge is -2.19. The van der Waals surface area contributed by atoms with E-state index in [1.165, 1.54) is 4.90 Å². The monoisotopic (exact) mass is 456 g/mol. The molecule has 0 unspecified atom stereocenters. The van der Waals surface area contributed by atoms with Crippen LogP contribution < -0.4 is 24.8 Å². The van der Waals surface area contributed by atoms with Crippen molar-refractivity contribution in [1.82, 2.24) is 0 Å². The Bertz CT molecular complexity index is 1250. The van der Waals surface area contributed by atoms with E-state index in [4.69, 9.17) is 4.74 Å². The molecule has 0 spiro atoms. The van der Waals surface area contributed by atoms with Gasteiger partial charge in [-0.25, -0.2) is 4.90 Å². The molecule has 7 nitrogen and oxygen atoms in total. The van der Waals surface area contributed by atoms with Gasteiger partial charge in [0.2, 0.25) is 0 Å². The number of imide groups is 1. The molecule has 0 aromatic heterocycles. The molecule has 1 aliphatic heterocycles. The number of nitrogens with one attached hydrogen (secondary N) is 1. The number of hydrogen-bond donors (Lipinski definition) is 1. The lowest BCUT2D eigenvalue weighted by molar-refractivity contribution is -0.120. The Hall–Kier alpha value is -4.26. The van der Waals surface area contributed by atoms with E-state index in [1.54, 1.807) is 37.4 Å². The third-order valence-corrected chi connectivity index (χ3v) is 5.72. The zero-order chi connectivity index (χ0) is 24.4. The number of ether oxygens (including phenoxy) is 1. The highest BCUT2D eigenvalue weighted by Gasteiger charge is 2.40. The average Bonchev–Trinajstić information content (AvgIpc) is 3.08.